The number of imidazole rings is 1. The predicted octanol–water partition coefficient (Wildman–Crippen LogP) is 2.01. The van der Waals surface area contributed by atoms with Crippen LogP contribution < -0.4 is 26.4 Å². The number of nitrogens with one attached hydrogen (secondary N) is 1. The number of nitrogen functional groups attached to an aromatic ring is 1. The number of rotatable bonds is 7. The van der Waals surface area contributed by atoms with Gasteiger partial charge in [-0.25, -0.2) is 18.0 Å². The summed E-state index contributed by atoms with van der Waals surface area (Å²) >= 11 is 0. The van der Waals surface area contributed by atoms with E-state index in [2.05, 4.69) is 20.3 Å². The number of hydrogen-bond donors (Lipinski definition) is 2. The van der Waals surface area contributed by atoms with E-state index < -0.39 is 23.9 Å². The molecule has 0 bridgehead atoms. The maximum Gasteiger partial charge on any atom is 0.330 e. The van der Waals surface area contributed by atoms with Crippen molar-refractivity contribution in [2.24, 2.45) is 7.05 Å². The van der Waals surface area contributed by atoms with Gasteiger partial charge in [-0.3, -0.25) is 14.0 Å². The lowest BCUT2D eigenvalue weighted by Gasteiger charge is -2.36. The zero-order valence-electron chi connectivity index (χ0n) is 23.3. The molecule has 2 fully saturated rings. The minimum absolute atomic E-state index is 0.136. The number of aromatic nitrogens is 5. The van der Waals surface area contributed by atoms with E-state index in [1.54, 1.807) is 30.0 Å². The number of anilines is 2. The summed E-state index contributed by atoms with van der Waals surface area (Å²) in [5.74, 6) is -1.01. The van der Waals surface area contributed by atoms with Gasteiger partial charge in [0.1, 0.15) is 23.1 Å². The first-order valence-corrected chi connectivity index (χ1v) is 14.0. The van der Waals surface area contributed by atoms with Crippen molar-refractivity contribution < 1.29 is 22.3 Å². The van der Waals surface area contributed by atoms with E-state index in [-0.39, 0.29) is 36.2 Å². The zero-order valence-corrected chi connectivity index (χ0v) is 23.3. The number of benzene rings is 1. The maximum atomic E-state index is 14.8. The van der Waals surface area contributed by atoms with Gasteiger partial charge in [-0.05, 0) is 18.2 Å². The summed E-state index contributed by atoms with van der Waals surface area (Å²) in [6.45, 7) is 3.41. The first kappa shape index (κ1) is 27.3. The van der Waals surface area contributed by atoms with Gasteiger partial charge < -0.3 is 25.1 Å². The van der Waals surface area contributed by atoms with Crippen molar-refractivity contribution in [3.63, 3.8) is 0 Å². The number of piperazine rings is 1. The van der Waals surface area contributed by atoms with Gasteiger partial charge >= 0.3 is 5.69 Å². The first-order chi connectivity index (χ1) is 20.8. The number of ether oxygens (including phenoxy) is 1. The number of halogens is 3. The third-order valence-corrected chi connectivity index (χ3v) is 8.20. The van der Waals surface area contributed by atoms with Crippen LogP contribution in [0.5, 0.6) is 5.75 Å². The molecule has 2 aliphatic rings. The molecule has 6 heterocycles. The molecule has 12 nitrogen and oxygen atoms in total. The first-order valence-electron chi connectivity index (χ1n) is 14.0. The molecular formula is C28H30F3N9O3. The summed E-state index contributed by atoms with van der Waals surface area (Å²) in [5.41, 5.74) is 8.49. The van der Waals surface area contributed by atoms with Gasteiger partial charge in [0.25, 0.3) is 0 Å². The molecule has 226 valence electrons. The van der Waals surface area contributed by atoms with Crippen molar-refractivity contribution in [2.75, 3.05) is 56.4 Å². The number of nitrogens with zero attached hydrogens (tertiary/aromatic N) is 7. The Kier molecular flexibility index (Phi) is 6.77. The third kappa shape index (κ3) is 4.77. The summed E-state index contributed by atoms with van der Waals surface area (Å²) in [6.07, 6.45) is -0.528. The molecule has 3 N–H and O–H groups in total. The highest BCUT2D eigenvalue weighted by atomic mass is 19.1. The number of alkyl halides is 1. The molecule has 0 unspecified atom stereocenters. The van der Waals surface area contributed by atoms with Gasteiger partial charge in [-0.1, -0.05) is 0 Å². The second-order valence-electron chi connectivity index (χ2n) is 10.8. The van der Waals surface area contributed by atoms with Crippen LogP contribution in [0.4, 0.5) is 24.8 Å². The predicted molar refractivity (Wildman–Crippen MR) is 153 cm³/mol. The summed E-state index contributed by atoms with van der Waals surface area (Å²) in [7, 11) is 1.68. The largest absolute Gasteiger partial charge is 0.483 e. The fourth-order valence-electron chi connectivity index (χ4n) is 5.88. The van der Waals surface area contributed by atoms with Gasteiger partial charge in [0.2, 0.25) is 5.95 Å². The van der Waals surface area contributed by atoms with Crippen molar-refractivity contribution in [3.8, 4) is 17.2 Å². The van der Waals surface area contributed by atoms with Crippen LogP contribution in [0.3, 0.4) is 0 Å². The van der Waals surface area contributed by atoms with Crippen LogP contribution in [-0.2, 0) is 13.6 Å². The van der Waals surface area contributed by atoms with E-state index in [9.17, 15) is 18.0 Å². The van der Waals surface area contributed by atoms with E-state index in [0.29, 0.717) is 67.4 Å². The molecule has 0 radical (unpaired) electrons. The smallest absolute Gasteiger partial charge is 0.330 e. The summed E-state index contributed by atoms with van der Waals surface area (Å²) < 4.78 is 58.9. The lowest BCUT2D eigenvalue weighted by molar-refractivity contribution is 0.134. The van der Waals surface area contributed by atoms with Crippen molar-refractivity contribution in [1.29, 1.82) is 0 Å². The fraction of sp³-hybridized carbons (Fsp3) is 0.393. The van der Waals surface area contributed by atoms with Crippen LogP contribution in [0.1, 0.15) is 0 Å². The minimum Gasteiger partial charge on any atom is -0.483 e. The van der Waals surface area contributed by atoms with E-state index >= 15 is 0 Å². The summed E-state index contributed by atoms with van der Waals surface area (Å²) in [6, 6.07) is 7.47. The molecule has 43 heavy (non-hydrogen) atoms. The number of aryl methyl sites for hydroxylation is 1. The van der Waals surface area contributed by atoms with Crippen LogP contribution >= 0.6 is 0 Å². The van der Waals surface area contributed by atoms with Crippen molar-refractivity contribution in [3.05, 3.63) is 58.7 Å². The van der Waals surface area contributed by atoms with Crippen LogP contribution in [0.15, 0.2) is 45.8 Å². The van der Waals surface area contributed by atoms with Crippen LogP contribution in [-0.4, -0.2) is 86.7 Å². The number of fused-ring (bicyclic) bond motifs is 3. The van der Waals surface area contributed by atoms with Gasteiger partial charge in [0.05, 0.1) is 17.5 Å². The molecule has 0 aliphatic carbocycles. The minimum atomic E-state index is -1.26. The Morgan fingerprint density at radius 1 is 1.12 bits per heavy atom. The Labute approximate surface area is 243 Å². The molecule has 1 aromatic carbocycles. The second kappa shape index (κ2) is 10.6. The Morgan fingerprint density at radius 2 is 1.93 bits per heavy atom. The average molecular weight is 598 g/mol. The van der Waals surface area contributed by atoms with Gasteiger partial charge in [0, 0.05) is 71.5 Å². The number of furan rings is 1. The van der Waals surface area contributed by atoms with Crippen molar-refractivity contribution in [1.82, 2.24) is 33.9 Å². The van der Waals surface area contributed by atoms with E-state index in [1.165, 1.54) is 15.1 Å². The zero-order chi connectivity index (χ0) is 29.8. The van der Waals surface area contributed by atoms with E-state index in [1.807, 2.05) is 11.0 Å². The van der Waals surface area contributed by atoms with Crippen LogP contribution in [0.25, 0.3) is 28.1 Å². The van der Waals surface area contributed by atoms with Gasteiger partial charge in [-0.2, -0.15) is 14.6 Å². The molecule has 0 spiro atoms. The number of nitrogens with two attached hydrogens (primary N) is 1. The highest BCUT2D eigenvalue weighted by Gasteiger charge is 2.30. The standard InChI is InChI=1S/C28H30F3N9O3/c1-36-25-21-12-19(22-3-2-10-42-22)35-40(21)27(32)34-26(25)39(28(36)41)9-6-37-4-7-38(8-5-37)20-13-23(17(30)11-16(20)29)43-24-15-33-14-18(24)31/h2-3,10-13,18,24,33H,4-9,14-15H2,1H3,(H2,32,34)/t18-,24+/m0/s1. The Hall–Kier alpha value is -4.50. The molecule has 2 saturated heterocycles. The monoisotopic (exact) mass is 597 g/mol. The highest BCUT2D eigenvalue weighted by molar-refractivity contribution is 5.91. The molecule has 15 heteroatoms. The average Bonchev–Trinajstić information content (AvgIpc) is 3.79. The number of hydrogen-bond acceptors (Lipinski definition) is 9. The Balaban J connectivity index is 1.06. The van der Waals surface area contributed by atoms with Crippen LogP contribution in [0.2, 0.25) is 0 Å². The van der Waals surface area contributed by atoms with E-state index in [4.69, 9.17) is 14.9 Å². The topological polar surface area (TPSA) is 124 Å². The molecule has 2 aliphatic heterocycles. The Bertz CT molecular complexity index is 1860. The molecule has 7 rings (SSSR count). The van der Waals surface area contributed by atoms with Crippen molar-refractivity contribution in [2.45, 2.75) is 18.8 Å². The SMILES string of the molecule is Cn1c(=O)n(CCN2CCN(c3cc(O[C@@H]4CNC[C@@H]4F)c(F)cc3F)CC2)c2nc(N)n3nc(-c4ccco4)cc3c21. The molecule has 2 atom stereocenters. The summed E-state index contributed by atoms with van der Waals surface area (Å²) in [5, 5.41) is 7.36. The van der Waals surface area contributed by atoms with E-state index in [0.717, 1.165) is 6.07 Å². The quantitative estimate of drug-likeness (QED) is 0.290. The lowest BCUT2D eigenvalue weighted by Crippen LogP contribution is -2.47. The normalized spacial score (nSPS) is 19.7. The molecule has 0 amide bonds. The van der Waals surface area contributed by atoms with Crippen molar-refractivity contribution >= 4 is 28.3 Å². The van der Waals surface area contributed by atoms with Gasteiger partial charge in [0.15, 0.2) is 29.1 Å². The highest BCUT2D eigenvalue weighted by Crippen LogP contribution is 2.31. The maximum absolute atomic E-state index is 14.8. The molecule has 5 aromatic rings. The molecule has 4 aromatic heterocycles. The Morgan fingerprint density at radius 3 is 2.65 bits per heavy atom. The summed E-state index contributed by atoms with van der Waals surface area (Å²) in [4.78, 5) is 21.8. The molecule has 0 saturated carbocycles. The molecular weight excluding hydrogens is 567 g/mol. The lowest BCUT2D eigenvalue weighted by atomic mass is 10.2. The fourth-order valence-corrected chi connectivity index (χ4v) is 5.88. The van der Waals surface area contributed by atoms with Gasteiger partial charge in [-0.15, -0.1) is 0 Å². The third-order valence-electron chi connectivity index (χ3n) is 8.20. The second-order valence-corrected chi connectivity index (χ2v) is 10.8. The van der Waals surface area contributed by atoms with Crippen LogP contribution in [0, 0.1) is 11.6 Å².